The van der Waals surface area contributed by atoms with Gasteiger partial charge in [-0.3, -0.25) is 9.89 Å². The van der Waals surface area contributed by atoms with Crippen LogP contribution in [0.25, 0.3) is 0 Å². The molecular weight excluding hydrogens is 272 g/mol. The number of guanidine groups is 1. The summed E-state index contributed by atoms with van der Waals surface area (Å²) >= 11 is 0. The Morgan fingerprint density at radius 1 is 1.14 bits per heavy atom. The van der Waals surface area contributed by atoms with Crippen LogP contribution in [-0.4, -0.2) is 47.5 Å². The molecule has 0 radical (unpaired) electrons. The number of aliphatic imine (C=N–C) groups is 1. The minimum atomic E-state index is 0.0396. The van der Waals surface area contributed by atoms with Gasteiger partial charge in [0.1, 0.15) is 0 Å². The van der Waals surface area contributed by atoms with Crippen molar-refractivity contribution in [2.24, 2.45) is 10.7 Å². The third-order valence-electron chi connectivity index (χ3n) is 5.04. The second kappa shape index (κ2) is 6.29. The molecule has 0 amide bonds. The summed E-state index contributed by atoms with van der Waals surface area (Å²) in [5.74, 6) is 0.725. The van der Waals surface area contributed by atoms with Crippen LogP contribution >= 0.6 is 0 Å². The average Bonchev–Trinajstić information content (AvgIpc) is 3.07. The predicted molar refractivity (Wildman–Crippen MR) is 91.9 cm³/mol. The lowest BCUT2D eigenvalue weighted by molar-refractivity contribution is 0.111. The Morgan fingerprint density at radius 2 is 1.82 bits per heavy atom. The van der Waals surface area contributed by atoms with E-state index in [2.05, 4.69) is 52.9 Å². The molecule has 1 saturated heterocycles. The highest BCUT2D eigenvalue weighted by molar-refractivity contribution is 5.78. The molecule has 0 atom stereocenters. The summed E-state index contributed by atoms with van der Waals surface area (Å²) < 4.78 is 0. The van der Waals surface area contributed by atoms with E-state index >= 15 is 0 Å². The Bertz CT molecular complexity index is 544. The zero-order valence-corrected chi connectivity index (χ0v) is 13.9. The first-order valence-corrected chi connectivity index (χ1v) is 8.43. The molecule has 2 heterocycles. The maximum atomic E-state index is 6.15. The van der Waals surface area contributed by atoms with Crippen LogP contribution in [0.2, 0.25) is 0 Å². The quantitative estimate of drug-likeness (QED) is 0.688. The lowest BCUT2D eigenvalue weighted by atomic mass is 9.94. The number of nitrogens with two attached hydrogens (primary N) is 1. The molecule has 1 aromatic carbocycles. The van der Waals surface area contributed by atoms with Gasteiger partial charge >= 0.3 is 0 Å². The molecule has 4 heteroatoms. The van der Waals surface area contributed by atoms with E-state index in [-0.39, 0.29) is 5.54 Å². The van der Waals surface area contributed by atoms with E-state index in [1.165, 1.54) is 24.0 Å². The fourth-order valence-electron chi connectivity index (χ4n) is 3.43. The normalized spacial score (nSPS) is 20.3. The van der Waals surface area contributed by atoms with Crippen molar-refractivity contribution >= 4 is 5.96 Å². The van der Waals surface area contributed by atoms with Crippen molar-refractivity contribution in [3.8, 4) is 0 Å². The van der Waals surface area contributed by atoms with Gasteiger partial charge in [0.25, 0.3) is 0 Å². The fraction of sp³-hybridized carbons (Fsp3) is 0.611. The van der Waals surface area contributed by atoms with Gasteiger partial charge in [0, 0.05) is 31.7 Å². The first-order chi connectivity index (χ1) is 10.6. The molecule has 1 fully saturated rings. The monoisotopic (exact) mass is 300 g/mol. The summed E-state index contributed by atoms with van der Waals surface area (Å²) in [5.41, 5.74) is 9.14. The predicted octanol–water partition coefficient (Wildman–Crippen LogP) is 2.23. The van der Waals surface area contributed by atoms with Crippen molar-refractivity contribution in [2.45, 2.75) is 45.2 Å². The van der Waals surface area contributed by atoms with Crippen molar-refractivity contribution in [1.29, 1.82) is 0 Å². The second-order valence-corrected chi connectivity index (χ2v) is 7.12. The third-order valence-corrected chi connectivity index (χ3v) is 5.04. The topological polar surface area (TPSA) is 44.9 Å². The van der Waals surface area contributed by atoms with Crippen LogP contribution in [0.15, 0.2) is 29.3 Å². The Balaban J connectivity index is 1.64. The Hall–Kier alpha value is -1.55. The lowest BCUT2D eigenvalue weighted by Crippen LogP contribution is -2.49. The first-order valence-electron chi connectivity index (χ1n) is 8.43. The molecule has 3 rings (SSSR count). The standard InChI is InChI=1S/C18H28N4/c1-18(2,14-20-17(19)21-10-5-6-11-21)22-12-9-15-7-3-4-8-16(15)13-22/h3-4,7-8H,5-6,9-14H2,1-2H3,(H2,19,20). The second-order valence-electron chi connectivity index (χ2n) is 7.12. The van der Waals surface area contributed by atoms with E-state index in [1.807, 2.05) is 0 Å². The maximum Gasteiger partial charge on any atom is 0.191 e. The summed E-state index contributed by atoms with van der Waals surface area (Å²) in [6.45, 7) is 9.56. The van der Waals surface area contributed by atoms with Crippen LogP contribution in [0, 0.1) is 0 Å². The van der Waals surface area contributed by atoms with E-state index in [0.29, 0.717) is 0 Å². The summed E-state index contributed by atoms with van der Waals surface area (Å²) in [6.07, 6.45) is 3.61. The molecule has 120 valence electrons. The van der Waals surface area contributed by atoms with Crippen LogP contribution in [0.3, 0.4) is 0 Å². The van der Waals surface area contributed by atoms with E-state index in [1.54, 1.807) is 0 Å². The van der Waals surface area contributed by atoms with Gasteiger partial charge in [0.05, 0.1) is 6.54 Å². The molecule has 2 aliphatic heterocycles. The zero-order chi connectivity index (χ0) is 15.6. The molecule has 0 aliphatic carbocycles. The molecular formula is C18H28N4. The van der Waals surface area contributed by atoms with Gasteiger partial charge in [-0.15, -0.1) is 0 Å². The molecule has 0 unspecified atom stereocenters. The van der Waals surface area contributed by atoms with Crippen molar-refractivity contribution in [3.05, 3.63) is 35.4 Å². The van der Waals surface area contributed by atoms with E-state index in [9.17, 15) is 0 Å². The average molecular weight is 300 g/mol. The summed E-state index contributed by atoms with van der Waals surface area (Å²) in [5, 5.41) is 0. The molecule has 0 bridgehead atoms. The SMILES string of the molecule is CC(C)(CN=C(N)N1CCCC1)N1CCc2ccccc2C1. The largest absolute Gasteiger partial charge is 0.370 e. The molecule has 2 N–H and O–H groups in total. The van der Waals surface area contributed by atoms with Gasteiger partial charge in [-0.25, -0.2) is 0 Å². The van der Waals surface area contributed by atoms with Crippen molar-refractivity contribution in [3.63, 3.8) is 0 Å². The Kier molecular flexibility index (Phi) is 4.39. The highest BCUT2D eigenvalue weighted by Crippen LogP contribution is 2.25. The maximum absolute atomic E-state index is 6.15. The molecule has 22 heavy (non-hydrogen) atoms. The first kappa shape index (κ1) is 15.3. The fourth-order valence-corrected chi connectivity index (χ4v) is 3.43. The number of benzene rings is 1. The Labute approximate surface area is 134 Å². The van der Waals surface area contributed by atoms with Crippen LogP contribution in [0.1, 0.15) is 37.8 Å². The summed E-state index contributed by atoms with van der Waals surface area (Å²) in [4.78, 5) is 9.44. The minimum absolute atomic E-state index is 0.0396. The number of hydrogen-bond donors (Lipinski definition) is 1. The highest BCUT2D eigenvalue weighted by atomic mass is 15.3. The lowest BCUT2D eigenvalue weighted by Gasteiger charge is -2.41. The molecule has 4 nitrogen and oxygen atoms in total. The molecule has 0 aromatic heterocycles. The smallest absolute Gasteiger partial charge is 0.191 e. The summed E-state index contributed by atoms with van der Waals surface area (Å²) in [6, 6.07) is 8.78. The highest BCUT2D eigenvalue weighted by Gasteiger charge is 2.29. The zero-order valence-electron chi connectivity index (χ0n) is 13.9. The van der Waals surface area contributed by atoms with E-state index in [4.69, 9.17) is 5.73 Å². The van der Waals surface area contributed by atoms with Crippen molar-refractivity contribution in [1.82, 2.24) is 9.80 Å². The number of rotatable bonds is 3. The van der Waals surface area contributed by atoms with Crippen LogP contribution in [0.5, 0.6) is 0 Å². The van der Waals surface area contributed by atoms with Gasteiger partial charge < -0.3 is 10.6 Å². The third kappa shape index (κ3) is 3.27. The van der Waals surface area contributed by atoms with Crippen molar-refractivity contribution < 1.29 is 0 Å². The van der Waals surface area contributed by atoms with Crippen LogP contribution in [-0.2, 0) is 13.0 Å². The number of likely N-dealkylation sites (tertiary alicyclic amines) is 1. The Morgan fingerprint density at radius 3 is 2.55 bits per heavy atom. The van der Waals surface area contributed by atoms with Crippen LogP contribution < -0.4 is 5.73 Å². The van der Waals surface area contributed by atoms with Gasteiger partial charge in [-0.1, -0.05) is 24.3 Å². The molecule has 2 aliphatic rings. The van der Waals surface area contributed by atoms with Crippen LogP contribution in [0.4, 0.5) is 0 Å². The summed E-state index contributed by atoms with van der Waals surface area (Å²) in [7, 11) is 0. The van der Waals surface area contributed by atoms with Crippen molar-refractivity contribution in [2.75, 3.05) is 26.2 Å². The number of fused-ring (bicyclic) bond motifs is 1. The minimum Gasteiger partial charge on any atom is -0.370 e. The molecule has 0 saturated carbocycles. The molecule has 1 aromatic rings. The van der Waals surface area contributed by atoms with Gasteiger partial charge in [0.2, 0.25) is 0 Å². The van der Waals surface area contributed by atoms with Gasteiger partial charge in [-0.05, 0) is 44.2 Å². The van der Waals surface area contributed by atoms with Gasteiger partial charge in [-0.2, -0.15) is 0 Å². The van der Waals surface area contributed by atoms with Gasteiger partial charge in [0.15, 0.2) is 5.96 Å². The molecule has 0 spiro atoms. The van der Waals surface area contributed by atoms with E-state index < -0.39 is 0 Å². The number of nitrogens with zero attached hydrogens (tertiary/aromatic N) is 3. The number of hydrogen-bond acceptors (Lipinski definition) is 2. The van der Waals surface area contributed by atoms with E-state index in [0.717, 1.165) is 45.1 Å².